The number of nitro benzene ring substituents is 1. The number of rotatable bonds is 4. The molecule has 0 aliphatic rings. The summed E-state index contributed by atoms with van der Waals surface area (Å²) in [4.78, 5) is 21.2. The van der Waals surface area contributed by atoms with Gasteiger partial charge >= 0.3 is 5.97 Å². The highest BCUT2D eigenvalue weighted by atomic mass is 19.1. The Labute approximate surface area is 118 Å². The van der Waals surface area contributed by atoms with Gasteiger partial charge in [-0.15, -0.1) is 0 Å². The normalized spacial score (nSPS) is 10.2. The number of aryl methyl sites for hydroxylation is 1. The molecule has 0 saturated heterocycles. The highest BCUT2D eigenvalue weighted by Crippen LogP contribution is 2.31. The van der Waals surface area contributed by atoms with Crippen molar-refractivity contribution in [3.63, 3.8) is 0 Å². The van der Waals surface area contributed by atoms with Crippen LogP contribution in [-0.2, 0) is 0 Å². The maximum absolute atomic E-state index is 13.2. The first-order valence-corrected chi connectivity index (χ1v) is 5.84. The van der Waals surface area contributed by atoms with Crippen LogP contribution < -0.4 is 4.74 Å². The van der Waals surface area contributed by atoms with E-state index < -0.39 is 16.7 Å². The lowest BCUT2D eigenvalue weighted by atomic mass is 10.1. The third-order valence-corrected chi connectivity index (χ3v) is 2.78. The van der Waals surface area contributed by atoms with Crippen molar-refractivity contribution in [1.29, 1.82) is 0 Å². The maximum atomic E-state index is 13.2. The largest absolute Gasteiger partial charge is 0.478 e. The number of nitrogens with zero attached hydrogens (tertiary/aromatic N) is 1. The molecule has 0 amide bonds. The van der Waals surface area contributed by atoms with Crippen molar-refractivity contribution < 1.29 is 24.0 Å². The number of halogens is 1. The van der Waals surface area contributed by atoms with Gasteiger partial charge in [-0.1, -0.05) is 0 Å². The second-order valence-corrected chi connectivity index (χ2v) is 4.25. The van der Waals surface area contributed by atoms with Gasteiger partial charge < -0.3 is 9.84 Å². The summed E-state index contributed by atoms with van der Waals surface area (Å²) in [7, 11) is 0. The Morgan fingerprint density at radius 3 is 2.57 bits per heavy atom. The number of hydrogen-bond acceptors (Lipinski definition) is 4. The van der Waals surface area contributed by atoms with Crippen molar-refractivity contribution in [3.05, 3.63) is 63.5 Å². The molecule has 0 fully saturated rings. The molecule has 2 aromatic carbocycles. The molecule has 6 nitrogen and oxygen atoms in total. The van der Waals surface area contributed by atoms with E-state index in [-0.39, 0.29) is 22.7 Å². The number of non-ortho nitro benzene ring substituents is 1. The molecule has 2 rings (SSSR count). The van der Waals surface area contributed by atoms with Crippen LogP contribution in [0.25, 0.3) is 0 Å². The van der Waals surface area contributed by atoms with E-state index in [0.29, 0.717) is 5.56 Å². The summed E-state index contributed by atoms with van der Waals surface area (Å²) < 4.78 is 18.6. The minimum atomic E-state index is -1.28. The Bertz CT molecular complexity index is 729. The summed E-state index contributed by atoms with van der Waals surface area (Å²) in [6, 6.07) is 6.91. The van der Waals surface area contributed by atoms with Gasteiger partial charge in [-0.25, -0.2) is 9.18 Å². The van der Waals surface area contributed by atoms with E-state index in [1.807, 2.05) is 0 Å². The molecule has 2 aromatic rings. The van der Waals surface area contributed by atoms with E-state index in [0.717, 1.165) is 24.3 Å². The van der Waals surface area contributed by atoms with Crippen LogP contribution in [0.4, 0.5) is 10.1 Å². The molecule has 0 aliphatic heterocycles. The zero-order valence-corrected chi connectivity index (χ0v) is 10.9. The molecule has 0 aromatic heterocycles. The predicted molar refractivity (Wildman–Crippen MR) is 71.3 cm³/mol. The van der Waals surface area contributed by atoms with Crippen LogP contribution in [-0.4, -0.2) is 16.0 Å². The van der Waals surface area contributed by atoms with Crippen LogP contribution in [0.2, 0.25) is 0 Å². The van der Waals surface area contributed by atoms with Crippen LogP contribution in [0.15, 0.2) is 36.4 Å². The lowest BCUT2D eigenvalue weighted by molar-refractivity contribution is -0.384. The molecule has 0 atom stereocenters. The number of carboxylic acid groups (broad SMARTS) is 1. The van der Waals surface area contributed by atoms with E-state index in [9.17, 15) is 19.3 Å². The second-order valence-electron chi connectivity index (χ2n) is 4.25. The van der Waals surface area contributed by atoms with E-state index in [4.69, 9.17) is 9.84 Å². The Kier molecular flexibility index (Phi) is 3.84. The molecule has 21 heavy (non-hydrogen) atoms. The van der Waals surface area contributed by atoms with Gasteiger partial charge in [-0.2, -0.15) is 0 Å². The molecule has 0 unspecified atom stereocenters. The van der Waals surface area contributed by atoms with Crippen LogP contribution in [0.1, 0.15) is 15.9 Å². The molecule has 1 N–H and O–H groups in total. The first-order chi connectivity index (χ1) is 9.88. The summed E-state index contributed by atoms with van der Waals surface area (Å²) >= 11 is 0. The van der Waals surface area contributed by atoms with Crippen molar-refractivity contribution in [2.24, 2.45) is 0 Å². The molecular formula is C14H10FNO5. The molecule has 108 valence electrons. The zero-order valence-electron chi connectivity index (χ0n) is 10.9. The Hall–Kier alpha value is -2.96. The lowest BCUT2D eigenvalue weighted by Gasteiger charge is -2.11. The Balaban J connectivity index is 2.47. The van der Waals surface area contributed by atoms with Crippen molar-refractivity contribution in [1.82, 2.24) is 0 Å². The van der Waals surface area contributed by atoms with E-state index >= 15 is 0 Å². The lowest BCUT2D eigenvalue weighted by Crippen LogP contribution is -2.01. The van der Waals surface area contributed by atoms with Gasteiger partial charge in [0.05, 0.1) is 11.0 Å². The monoisotopic (exact) mass is 291 g/mol. The Morgan fingerprint density at radius 2 is 1.95 bits per heavy atom. The van der Waals surface area contributed by atoms with E-state index in [1.165, 1.54) is 12.1 Å². The summed E-state index contributed by atoms with van der Waals surface area (Å²) in [6.07, 6.45) is 0. The third kappa shape index (κ3) is 3.14. The van der Waals surface area contributed by atoms with Crippen LogP contribution in [0, 0.1) is 22.9 Å². The quantitative estimate of drug-likeness (QED) is 0.687. The highest BCUT2D eigenvalue weighted by molar-refractivity contribution is 5.91. The number of nitro groups is 1. The number of carboxylic acids is 1. The topological polar surface area (TPSA) is 89.7 Å². The van der Waals surface area contributed by atoms with Crippen molar-refractivity contribution in [2.45, 2.75) is 6.92 Å². The average molecular weight is 291 g/mol. The molecule has 7 heteroatoms. The summed E-state index contributed by atoms with van der Waals surface area (Å²) in [6.45, 7) is 1.64. The molecule has 0 aliphatic carbocycles. The number of ether oxygens (including phenoxy) is 1. The first kappa shape index (κ1) is 14.4. The van der Waals surface area contributed by atoms with Crippen LogP contribution >= 0.6 is 0 Å². The standard InChI is InChI=1S/C14H10FNO5/c1-8-2-4-10(16(19)20)7-12(8)21-13-6-9(15)3-5-11(13)14(17)18/h2-7H,1H3,(H,17,18). The van der Waals surface area contributed by atoms with Gasteiger partial charge in [0.15, 0.2) is 0 Å². The predicted octanol–water partition coefficient (Wildman–Crippen LogP) is 3.53. The Morgan fingerprint density at radius 1 is 1.24 bits per heavy atom. The fourth-order valence-electron chi connectivity index (χ4n) is 1.69. The number of benzene rings is 2. The zero-order chi connectivity index (χ0) is 15.6. The van der Waals surface area contributed by atoms with E-state index in [2.05, 4.69) is 0 Å². The van der Waals surface area contributed by atoms with Crippen LogP contribution in [0.5, 0.6) is 11.5 Å². The molecule has 0 spiro atoms. The van der Waals surface area contributed by atoms with Gasteiger partial charge in [-0.3, -0.25) is 10.1 Å². The van der Waals surface area contributed by atoms with Gasteiger partial charge in [0.25, 0.3) is 5.69 Å². The smallest absolute Gasteiger partial charge is 0.339 e. The minimum Gasteiger partial charge on any atom is -0.478 e. The van der Waals surface area contributed by atoms with E-state index in [1.54, 1.807) is 6.92 Å². The number of carbonyl (C=O) groups is 1. The van der Waals surface area contributed by atoms with Gasteiger partial charge in [0.2, 0.25) is 0 Å². The second kappa shape index (κ2) is 5.58. The average Bonchev–Trinajstić information content (AvgIpc) is 2.40. The number of aromatic carboxylic acids is 1. The number of hydrogen-bond donors (Lipinski definition) is 1. The minimum absolute atomic E-state index is 0.0947. The summed E-state index contributed by atoms with van der Waals surface area (Å²) in [5, 5.41) is 19.8. The van der Waals surface area contributed by atoms with Gasteiger partial charge in [0.1, 0.15) is 22.9 Å². The molecule has 0 radical (unpaired) electrons. The van der Waals surface area contributed by atoms with Crippen molar-refractivity contribution in [3.8, 4) is 11.5 Å². The van der Waals surface area contributed by atoms with Crippen molar-refractivity contribution in [2.75, 3.05) is 0 Å². The maximum Gasteiger partial charge on any atom is 0.339 e. The van der Waals surface area contributed by atoms with Crippen molar-refractivity contribution >= 4 is 11.7 Å². The molecule has 0 bridgehead atoms. The molecule has 0 heterocycles. The first-order valence-electron chi connectivity index (χ1n) is 5.84. The van der Waals surface area contributed by atoms with Gasteiger partial charge in [-0.05, 0) is 30.7 Å². The SMILES string of the molecule is Cc1ccc([N+](=O)[O-])cc1Oc1cc(F)ccc1C(=O)O. The molecular weight excluding hydrogens is 281 g/mol. The molecule has 0 saturated carbocycles. The fraction of sp³-hybridized carbons (Fsp3) is 0.0714. The summed E-state index contributed by atoms with van der Waals surface area (Å²) in [5.74, 6) is -2.07. The third-order valence-electron chi connectivity index (χ3n) is 2.78. The van der Waals surface area contributed by atoms with Gasteiger partial charge in [0, 0.05) is 12.1 Å². The van der Waals surface area contributed by atoms with Crippen LogP contribution in [0.3, 0.4) is 0 Å². The summed E-state index contributed by atoms with van der Waals surface area (Å²) in [5.41, 5.74) is 0.118. The highest BCUT2D eigenvalue weighted by Gasteiger charge is 2.16. The fourth-order valence-corrected chi connectivity index (χ4v) is 1.69.